The molecule has 2 aliphatic rings. The van der Waals surface area contributed by atoms with Gasteiger partial charge in [0.1, 0.15) is 18.5 Å². The Balaban J connectivity index is 1.10. The molecule has 1 unspecified atom stereocenters. The van der Waals surface area contributed by atoms with Crippen LogP contribution in [-0.2, 0) is 0 Å². The molecule has 0 bridgehead atoms. The van der Waals surface area contributed by atoms with E-state index in [1.165, 1.54) is 0 Å². The number of hydrogen-bond donors (Lipinski definition) is 1. The Morgan fingerprint density at radius 3 is 2.25 bits per heavy atom. The summed E-state index contributed by atoms with van der Waals surface area (Å²) in [6, 6.07) is 16.8. The van der Waals surface area contributed by atoms with Gasteiger partial charge < -0.3 is 14.7 Å². The smallest absolute Gasteiger partial charge is 0.174 e. The lowest BCUT2D eigenvalue weighted by Gasteiger charge is -2.36. The molecule has 0 aromatic heterocycles. The lowest BCUT2D eigenvalue weighted by molar-refractivity contribution is 0.0444. The highest BCUT2D eigenvalue weighted by atomic mass is 35.5. The summed E-state index contributed by atoms with van der Waals surface area (Å²) in [5.41, 5.74) is 2.28. The fourth-order valence-electron chi connectivity index (χ4n) is 5.33. The van der Waals surface area contributed by atoms with Crippen molar-refractivity contribution in [2.45, 2.75) is 19.4 Å². The van der Waals surface area contributed by atoms with Gasteiger partial charge in [-0.25, -0.2) is 0 Å². The van der Waals surface area contributed by atoms with Gasteiger partial charge in [0.2, 0.25) is 0 Å². The fourth-order valence-corrected chi connectivity index (χ4v) is 5.55. The average Bonchev–Trinajstić information content (AvgIpc) is 2.87. The van der Waals surface area contributed by atoms with Crippen LogP contribution in [0.5, 0.6) is 5.75 Å². The van der Waals surface area contributed by atoms with Crippen LogP contribution >= 0.6 is 11.6 Å². The van der Waals surface area contributed by atoms with Crippen LogP contribution in [0.1, 0.15) is 32.7 Å². The first-order valence-corrected chi connectivity index (χ1v) is 12.9. The quantitative estimate of drug-likeness (QED) is 0.461. The van der Waals surface area contributed by atoms with E-state index in [-0.39, 0.29) is 18.2 Å². The van der Waals surface area contributed by atoms with Crippen molar-refractivity contribution in [2.75, 3.05) is 45.9 Å². The maximum Gasteiger partial charge on any atom is 0.174 e. The molecule has 1 aliphatic heterocycles. The number of carbonyl (C=O) groups excluding carboxylic acids is 2. The molecule has 0 spiro atoms. The van der Waals surface area contributed by atoms with E-state index < -0.39 is 12.0 Å². The largest absolute Gasteiger partial charge is 0.491 e. The predicted molar refractivity (Wildman–Crippen MR) is 141 cm³/mol. The maximum atomic E-state index is 13.2. The Bertz CT molecular complexity index is 1230. The van der Waals surface area contributed by atoms with E-state index in [0.29, 0.717) is 35.7 Å². The molecule has 6 nitrogen and oxygen atoms in total. The van der Waals surface area contributed by atoms with Gasteiger partial charge in [0.25, 0.3) is 0 Å². The molecule has 36 heavy (non-hydrogen) atoms. The van der Waals surface area contributed by atoms with Crippen LogP contribution in [0, 0.1) is 12.8 Å². The van der Waals surface area contributed by atoms with Gasteiger partial charge in [-0.05, 0) is 49.0 Å². The van der Waals surface area contributed by atoms with Crippen molar-refractivity contribution < 1.29 is 19.4 Å². The number of ether oxygens (including phenoxy) is 1. The summed E-state index contributed by atoms with van der Waals surface area (Å²) in [5.74, 6) is 0.0109. The Morgan fingerprint density at radius 2 is 1.61 bits per heavy atom. The van der Waals surface area contributed by atoms with Crippen molar-refractivity contribution >= 4 is 33.9 Å². The van der Waals surface area contributed by atoms with Gasteiger partial charge in [-0.2, -0.15) is 0 Å². The zero-order chi connectivity index (χ0) is 25.2. The van der Waals surface area contributed by atoms with E-state index in [4.69, 9.17) is 16.3 Å². The van der Waals surface area contributed by atoms with E-state index in [9.17, 15) is 14.7 Å². The highest BCUT2D eigenvalue weighted by Gasteiger charge is 2.35. The molecular formula is C29H31ClN2O4. The standard InChI is InChI=1S/C29H31ClN2O4/c1-19-16-21(30)8-9-26(19)36-18-22(33)17-32-14-12-31(13-15-32)11-10-25-28(34)23-6-2-4-20-5-3-7-24(27(20)23)29(25)35/h2-9,16,22,25,33H,10-15,17-18H2,1H3. The van der Waals surface area contributed by atoms with Crippen LogP contribution in [0.15, 0.2) is 54.6 Å². The number of carbonyl (C=O) groups is 2. The third-order valence-electron chi connectivity index (χ3n) is 7.30. The lowest BCUT2D eigenvalue weighted by Crippen LogP contribution is -2.49. The highest BCUT2D eigenvalue weighted by molar-refractivity contribution is 6.30. The topological polar surface area (TPSA) is 70.1 Å². The molecule has 0 amide bonds. The van der Waals surface area contributed by atoms with Gasteiger partial charge in [-0.15, -0.1) is 0 Å². The number of benzene rings is 3. The van der Waals surface area contributed by atoms with E-state index in [1.54, 1.807) is 6.07 Å². The second-order valence-corrected chi connectivity index (χ2v) is 10.2. The number of aliphatic hydroxyl groups is 1. The van der Waals surface area contributed by atoms with Crippen LogP contribution in [0.3, 0.4) is 0 Å². The number of aliphatic hydroxyl groups excluding tert-OH is 1. The average molecular weight is 507 g/mol. The first kappa shape index (κ1) is 24.9. The van der Waals surface area contributed by atoms with Gasteiger partial charge in [-0.1, -0.05) is 48.0 Å². The SMILES string of the molecule is Cc1cc(Cl)ccc1OCC(O)CN1CCN(CCC2C(=O)c3cccc4cccc(c34)C2=O)CC1. The molecule has 1 heterocycles. The summed E-state index contributed by atoms with van der Waals surface area (Å²) < 4.78 is 5.78. The number of hydrogen-bond acceptors (Lipinski definition) is 6. The second kappa shape index (κ2) is 10.7. The molecule has 1 N–H and O–H groups in total. The van der Waals surface area contributed by atoms with Gasteiger partial charge >= 0.3 is 0 Å². The zero-order valence-electron chi connectivity index (χ0n) is 20.5. The predicted octanol–water partition coefficient (Wildman–Crippen LogP) is 4.24. The molecule has 3 aromatic carbocycles. The Morgan fingerprint density at radius 1 is 0.972 bits per heavy atom. The summed E-state index contributed by atoms with van der Waals surface area (Å²) in [4.78, 5) is 30.9. The molecule has 1 fully saturated rings. The van der Waals surface area contributed by atoms with E-state index in [1.807, 2.05) is 55.5 Å². The number of Topliss-reactive ketones (excluding diaryl/α,β-unsaturated/α-hetero) is 2. The number of halogens is 1. The van der Waals surface area contributed by atoms with Crippen LogP contribution in [0.2, 0.25) is 5.02 Å². The molecule has 3 aromatic rings. The fraction of sp³-hybridized carbons (Fsp3) is 0.379. The molecule has 1 atom stereocenters. The molecule has 0 radical (unpaired) electrons. The maximum absolute atomic E-state index is 13.2. The first-order valence-electron chi connectivity index (χ1n) is 12.5. The normalized spacial score (nSPS) is 18.1. The lowest BCUT2D eigenvalue weighted by atomic mass is 9.78. The van der Waals surface area contributed by atoms with Crippen molar-refractivity contribution in [1.29, 1.82) is 0 Å². The monoisotopic (exact) mass is 506 g/mol. The summed E-state index contributed by atoms with van der Waals surface area (Å²) in [5, 5.41) is 12.9. The summed E-state index contributed by atoms with van der Waals surface area (Å²) >= 11 is 5.99. The van der Waals surface area contributed by atoms with Crippen molar-refractivity contribution in [3.05, 3.63) is 76.3 Å². The van der Waals surface area contributed by atoms with E-state index in [2.05, 4.69) is 9.80 Å². The molecule has 1 aliphatic carbocycles. The number of piperazine rings is 1. The third-order valence-corrected chi connectivity index (χ3v) is 7.54. The van der Waals surface area contributed by atoms with Crippen LogP contribution in [-0.4, -0.2) is 78.5 Å². The molecule has 7 heteroatoms. The Hall–Kier alpha value is -2.77. The van der Waals surface area contributed by atoms with Gasteiger partial charge in [-0.3, -0.25) is 14.5 Å². The molecule has 1 saturated heterocycles. The van der Waals surface area contributed by atoms with E-state index in [0.717, 1.165) is 48.3 Å². The number of nitrogens with zero attached hydrogens (tertiary/aromatic N) is 2. The second-order valence-electron chi connectivity index (χ2n) is 9.80. The third kappa shape index (κ3) is 5.18. The van der Waals surface area contributed by atoms with E-state index >= 15 is 0 Å². The Kier molecular flexibility index (Phi) is 7.39. The van der Waals surface area contributed by atoms with Crippen molar-refractivity contribution in [3.63, 3.8) is 0 Å². The minimum absolute atomic E-state index is 0.0537. The Labute approximate surface area is 216 Å². The van der Waals surface area contributed by atoms with Crippen molar-refractivity contribution in [3.8, 4) is 5.75 Å². The summed E-state index contributed by atoms with van der Waals surface area (Å²) in [7, 11) is 0. The number of β-amino-alcohol motifs (C(OH)–C–C–N with tert-alkyl or cyclic N) is 1. The summed E-state index contributed by atoms with van der Waals surface area (Å²) in [6.07, 6.45) is -0.0638. The first-order chi connectivity index (χ1) is 17.4. The van der Waals surface area contributed by atoms with Crippen molar-refractivity contribution in [2.24, 2.45) is 5.92 Å². The molecule has 5 rings (SSSR count). The van der Waals surface area contributed by atoms with Gasteiger partial charge in [0.15, 0.2) is 11.6 Å². The van der Waals surface area contributed by atoms with Gasteiger partial charge in [0, 0.05) is 54.3 Å². The molecule has 0 saturated carbocycles. The van der Waals surface area contributed by atoms with Crippen LogP contribution < -0.4 is 4.74 Å². The van der Waals surface area contributed by atoms with Gasteiger partial charge in [0.05, 0.1) is 5.92 Å². The van der Waals surface area contributed by atoms with Crippen LogP contribution in [0.25, 0.3) is 10.8 Å². The molecule has 188 valence electrons. The number of aryl methyl sites for hydroxylation is 1. The van der Waals surface area contributed by atoms with Crippen LogP contribution in [0.4, 0.5) is 0 Å². The summed E-state index contributed by atoms with van der Waals surface area (Å²) in [6.45, 7) is 6.73. The molecular weight excluding hydrogens is 476 g/mol. The minimum atomic E-state index is -0.612. The zero-order valence-corrected chi connectivity index (χ0v) is 21.2. The van der Waals surface area contributed by atoms with Crippen molar-refractivity contribution in [1.82, 2.24) is 9.80 Å². The minimum Gasteiger partial charge on any atom is -0.491 e. The highest BCUT2D eigenvalue weighted by Crippen LogP contribution is 2.33. The number of ketones is 2. The number of rotatable bonds is 8.